The first kappa shape index (κ1) is 18.3. The summed E-state index contributed by atoms with van der Waals surface area (Å²) in [5, 5.41) is 6.12. The molecule has 1 aliphatic rings. The molecule has 0 saturated carbocycles. The summed E-state index contributed by atoms with van der Waals surface area (Å²) < 4.78 is 5.74. The van der Waals surface area contributed by atoms with E-state index in [0.717, 1.165) is 16.2 Å². The smallest absolute Gasteiger partial charge is 0.226 e. The Morgan fingerprint density at radius 3 is 2.77 bits per heavy atom. The zero-order chi connectivity index (χ0) is 18.6. The maximum Gasteiger partial charge on any atom is 0.226 e. The van der Waals surface area contributed by atoms with Crippen molar-refractivity contribution in [2.45, 2.75) is 38.1 Å². The van der Waals surface area contributed by atoms with E-state index >= 15 is 0 Å². The minimum atomic E-state index is -0.166. The number of benzene rings is 1. The number of carbonyl (C=O) groups excluding carboxylic acids is 1. The van der Waals surface area contributed by atoms with E-state index in [-0.39, 0.29) is 16.8 Å². The van der Waals surface area contributed by atoms with E-state index in [1.807, 2.05) is 48.7 Å². The SMILES string of the molecule is CC(C)(C)c1cnc(/C=C\C2=CNC(NC(=O)Cc3ccccc3)S2)o1. The summed E-state index contributed by atoms with van der Waals surface area (Å²) >= 11 is 1.54. The lowest BCUT2D eigenvalue weighted by Gasteiger charge is -2.13. The van der Waals surface area contributed by atoms with Gasteiger partial charge in [-0.1, -0.05) is 62.9 Å². The first-order chi connectivity index (χ1) is 12.4. The Balaban J connectivity index is 1.49. The molecule has 6 heteroatoms. The zero-order valence-electron chi connectivity index (χ0n) is 15.2. The Hall–Kier alpha value is -2.47. The normalized spacial score (nSPS) is 17.2. The summed E-state index contributed by atoms with van der Waals surface area (Å²) in [7, 11) is 0. The van der Waals surface area contributed by atoms with Crippen molar-refractivity contribution in [2.24, 2.45) is 0 Å². The van der Waals surface area contributed by atoms with Crippen molar-refractivity contribution in [1.82, 2.24) is 15.6 Å². The van der Waals surface area contributed by atoms with Crippen LogP contribution in [0.3, 0.4) is 0 Å². The summed E-state index contributed by atoms with van der Waals surface area (Å²) in [6, 6.07) is 9.70. The van der Waals surface area contributed by atoms with Crippen LogP contribution in [0.2, 0.25) is 0 Å². The number of carbonyl (C=O) groups is 1. The van der Waals surface area contributed by atoms with Crippen LogP contribution in [0.15, 0.2) is 58.1 Å². The Kier molecular flexibility index (Phi) is 5.52. The van der Waals surface area contributed by atoms with Crippen LogP contribution in [0.4, 0.5) is 0 Å². The summed E-state index contributed by atoms with van der Waals surface area (Å²) in [5.74, 6) is 1.42. The Morgan fingerprint density at radius 2 is 2.08 bits per heavy atom. The molecule has 2 aromatic rings. The molecule has 2 heterocycles. The molecule has 0 spiro atoms. The maximum absolute atomic E-state index is 12.1. The van der Waals surface area contributed by atoms with Crippen LogP contribution in [0.5, 0.6) is 0 Å². The lowest BCUT2D eigenvalue weighted by molar-refractivity contribution is -0.120. The number of aromatic nitrogens is 1. The molecule has 2 N–H and O–H groups in total. The van der Waals surface area contributed by atoms with Gasteiger partial charge in [0.2, 0.25) is 11.8 Å². The van der Waals surface area contributed by atoms with Crippen LogP contribution in [-0.2, 0) is 16.6 Å². The number of oxazole rings is 1. The van der Waals surface area contributed by atoms with E-state index < -0.39 is 0 Å². The fourth-order valence-electron chi connectivity index (χ4n) is 2.36. The number of nitrogens with one attached hydrogen (secondary N) is 2. The Morgan fingerprint density at radius 1 is 1.31 bits per heavy atom. The van der Waals surface area contributed by atoms with Crippen LogP contribution in [0, 0.1) is 0 Å². The van der Waals surface area contributed by atoms with E-state index in [9.17, 15) is 4.79 Å². The number of amides is 1. The van der Waals surface area contributed by atoms with Crippen LogP contribution in [-0.4, -0.2) is 16.4 Å². The number of hydrogen-bond donors (Lipinski definition) is 2. The topological polar surface area (TPSA) is 67.2 Å². The largest absolute Gasteiger partial charge is 0.441 e. The summed E-state index contributed by atoms with van der Waals surface area (Å²) in [6.07, 6.45) is 7.78. The molecular weight excluding hydrogens is 346 g/mol. The summed E-state index contributed by atoms with van der Waals surface area (Å²) in [4.78, 5) is 17.4. The van der Waals surface area contributed by atoms with E-state index in [1.54, 1.807) is 18.0 Å². The molecule has 136 valence electrons. The van der Waals surface area contributed by atoms with Crippen molar-refractivity contribution in [2.75, 3.05) is 0 Å². The predicted octanol–water partition coefficient (Wildman–Crippen LogP) is 3.81. The van der Waals surface area contributed by atoms with Crippen molar-refractivity contribution < 1.29 is 9.21 Å². The number of thioether (sulfide) groups is 1. The van der Waals surface area contributed by atoms with E-state index in [0.29, 0.717) is 12.3 Å². The van der Waals surface area contributed by atoms with Crippen molar-refractivity contribution in [1.29, 1.82) is 0 Å². The monoisotopic (exact) mass is 369 g/mol. The second-order valence-corrected chi connectivity index (χ2v) is 8.27. The minimum Gasteiger partial charge on any atom is -0.441 e. The van der Waals surface area contributed by atoms with Crippen molar-refractivity contribution >= 4 is 23.7 Å². The molecule has 1 aliphatic heterocycles. The highest BCUT2D eigenvalue weighted by Crippen LogP contribution is 2.27. The molecule has 3 rings (SSSR count). The van der Waals surface area contributed by atoms with Crippen molar-refractivity contribution in [3.63, 3.8) is 0 Å². The fraction of sp³-hybridized carbons (Fsp3) is 0.300. The summed E-state index contributed by atoms with van der Waals surface area (Å²) in [5.41, 5.74) is 0.774. The molecule has 1 unspecified atom stereocenters. The van der Waals surface area contributed by atoms with Crippen molar-refractivity contribution in [3.05, 3.63) is 70.9 Å². The van der Waals surface area contributed by atoms with Crippen LogP contribution < -0.4 is 10.6 Å². The molecule has 0 aliphatic carbocycles. The van der Waals surface area contributed by atoms with Gasteiger partial charge < -0.3 is 15.1 Å². The van der Waals surface area contributed by atoms with Gasteiger partial charge >= 0.3 is 0 Å². The van der Waals surface area contributed by atoms with Gasteiger partial charge in [0.15, 0.2) is 5.50 Å². The number of hydrogen-bond acceptors (Lipinski definition) is 5. The van der Waals surface area contributed by atoms with E-state index in [1.165, 1.54) is 0 Å². The highest BCUT2D eigenvalue weighted by atomic mass is 32.2. The van der Waals surface area contributed by atoms with Gasteiger partial charge in [0, 0.05) is 22.6 Å². The van der Waals surface area contributed by atoms with Gasteiger partial charge in [0.05, 0.1) is 12.6 Å². The van der Waals surface area contributed by atoms with Crippen LogP contribution in [0.25, 0.3) is 6.08 Å². The standard InChI is InChI=1S/C20H23N3O2S/c1-20(2,3)16-13-21-18(25-16)10-9-15-12-22-19(26-15)23-17(24)11-14-7-5-4-6-8-14/h4-10,12-13,19,22H,11H2,1-3H3,(H,23,24)/b10-9-. The van der Waals surface area contributed by atoms with Gasteiger partial charge in [-0.2, -0.15) is 0 Å². The van der Waals surface area contributed by atoms with Gasteiger partial charge in [-0.25, -0.2) is 4.98 Å². The quantitative estimate of drug-likeness (QED) is 0.839. The second-order valence-electron chi connectivity index (χ2n) is 7.09. The molecule has 0 bridgehead atoms. The predicted molar refractivity (Wildman–Crippen MR) is 105 cm³/mol. The zero-order valence-corrected chi connectivity index (χ0v) is 16.0. The van der Waals surface area contributed by atoms with Gasteiger partial charge in [-0.05, 0) is 11.6 Å². The van der Waals surface area contributed by atoms with Gasteiger partial charge in [-0.3, -0.25) is 4.79 Å². The maximum atomic E-state index is 12.1. The molecule has 5 nitrogen and oxygen atoms in total. The van der Waals surface area contributed by atoms with E-state index in [4.69, 9.17) is 4.42 Å². The number of rotatable bonds is 5. The molecule has 0 saturated heterocycles. The molecule has 1 aromatic heterocycles. The van der Waals surface area contributed by atoms with Gasteiger partial charge in [0.25, 0.3) is 0 Å². The lowest BCUT2D eigenvalue weighted by atomic mass is 9.94. The molecule has 1 aromatic carbocycles. The van der Waals surface area contributed by atoms with Crippen LogP contribution >= 0.6 is 11.8 Å². The summed E-state index contributed by atoms with van der Waals surface area (Å²) in [6.45, 7) is 6.26. The molecule has 1 atom stereocenters. The third-order valence-corrected chi connectivity index (χ3v) is 4.80. The molecule has 1 amide bonds. The average molecular weight is 369 g/mol. The first-order valence-electron chi connectivity index (χ1n) is 8.51. The number of allylic oxidation sites excluding steroid dienone is 1. The van der Waals surface area contributed by atoms with E-state index in [2.05, 4.69) is 36.4 Å². The molecule has 26 heavy (non-hydrogen) atoms. The minimum absolute atomic E-state index is 0.0117. The molecule has 0 radical (unpaired) electrons. The second kappa shape index (κ2) is 7.83. The number of nitrogens with zero attached hydrogens (tertiary/aromatic N) is 1. The van der Waals surface area contributed by atoms with Crippen LogP contribution in [0.1, 0.15) is 38.0 Å². The third kappa shape index (κ3) is 5.02. The Bertz CT molecular complexity index is 819. The molecule has 0 fully saturated rings. The van der Waals surface area contributed by atoms with Gasteiger partial charge in [0.1, 0.15) is 5.76 Å². The Labute approximate surface area is 158 Å². The highest BCUT2D eigenvalue weighted by molar-refractivity contribution is 8.04. The van der Waals surface area contributed by atoms with Gasteiger partial charge in [-0.15, -0.1) is 0 Å². The first-order valence-corrected chi connectivity index (χ1v) is 9.39. The average Bonchev–Trinajstić information content (AvgIpc) is 3.22. The third-order valence-electron chi connectivity index (χ3n) is 3.78. The molecular formula is C20H23N3O2S. The lowest BCUT2D eigenvalue weighted by Crippen LogP contribution is -2.39. The highest BCUT2D eigenvalue weighted by Gasteiger charge is 2.20. The fourth-order valence-corrected chi connectivity index (χ4v) is 3.25. The van der Waals surface area contributed by atoms with Crippen molar-refractivity contribution in [3.8, 4) is 0 Å².